The number of hydrogen-bond acceptors (Lipinski definition) is 3. The van der Waals surface area contributed by atoms with Crippen molar-refractivity contribution >= 4 is 5.82 Å². The number of hydrogen-bond donors (Lipinski definition) is 1. The molecule has 1 heterocycles. The molecule has 1 aromatic heterocycles. The lowest BCUT2D eigenvalue weighted by Gasteiger charge is -2.25. The van der Waals surface area contributed by atoms with E-state index >= 15 is 0 Å². The normalized spacial score (nSPS) is 14.0. The minimum absolute atomic E-state index is 0.178. The second-order valence-electron chi connectivity index (χ2n) is 6.20. The smallest absolute Gasteiger partial charge is 0.140 e. The van der Waals surface area contributed by atoms with Crippen LogP contribution in [0.3, 0.4) is 0 Å². The van der Waals surface area contributed by atoms with Crippen LogP contribution in [0.2, 0.25) is 0 Å². The average molecular weight is 281 g/mol. The average Bonchev–Trinajstić information content (AvgIpc) is 2.97. The molecular formula is C18H23N3. The van der Waals surface area contributed by atoms with Gasteiger partial charge in [-0.05, 0) is 45.6 Å². The fourth-order valence-corrected chi connectivity index (χ4v) is 3.01. The SMILES string of the molecule is CCNc1nc(C(C)(C)c2ccccc2)nc2c1CCC2. The van der Waals surface area contributed by atoms with Gasteiger partial charge in [-0.1, -0.05) is 30.3 Å². The topological polar surface area (TPSA) is 37.8 Å². The summed E-state index contributed by atoms with van der Waals surface area (Å²) in [5.41, 5.74) is 3.64. The zero-order valence-electron chi connectivity index (χ0n) is 13.1. The lowest BCUT2D eigenvalue weighted by atomic mass is 9.83. The highest BCUT2D eigenvalue weighted by Gasteiger charge is 2.29. The maximum atomic E-state index is 4.89. The number of nitrogens with zero attached hydrogens (tertiary/aromatic N) is 2. The van der Waals surface area contributed by atoms with Crippen molar-refractivity contribution in [1.82, 2.24) is 9.97 Å². The molecule has 0 bridgehead atoms. The Kier molecular flexibility index (Phi) is 3.66. The number of aryl methyl sites for hydroxylation is 1. The highest BCUT2D eigenvalue weighted by Crippen LogP contribution is 2.33. The maximum absolute atomic E-state index is 4.89. The number of fused-ring (bicyclic) bond motifs is 1. The Balaban J connectivity index is 2.08. The molecule has 21 heavy (non-hydrogen) atoms. The fraction of sp³-hybridized carbons (Fsp3) is 0.444. The van der Waals surface area contributed by atoms with Crippen molar-refractivity contribution < 1.29 is 0 Å². The Bertz CT molecular complexity index is 632. The van der Waals surface area contributed by atoms with Gasteiger partial charge in [0.1, 0.15) is 11.6 Å². The summed E-state index contributed by atoms with van der Waals surface area (Å²) >= 11 is 0. The lowest BCUT2D eigenvalue weighted by Crippen LogP contribution is -2.24. The zero-order valence-corrected chi connectivity index (χ0v) is 13.1. The van der Waals surface area contributed by atoms with E-state index in [1.807, 2.05) is 6.07 Å². The van der Waals surface area contributed by atoms with Gasteiger partial charge < -0.3 is 5.32 Å². The molecule has 110 valence electrons. The van der Waals surface area contributed by atoms with Crippen LogP contribution in [0.4, 0.5) is 5.82 Å². The molecule has 3 rings (SSSR count). The van der Waals surface area contributed by atoms with Crippen LogP contribution in [0.15, 0.2) is 30.3 Å². The molecule has 3 nitrogen and oxygen atoms in total. The molecule has 3 heteroatoms. The summed E-state index contributed by atoms with van der Waals surface area (Å²) < 4.78 is 0. The van der Waals surface area contributed by atoms with Crippen LogP contribution in [0.25, 0.3) is 0 Å². The molecule has 0 atom stereocenters. The number of anilines is 1. The summed E-state index contributed by atoms with van der Waals surface area (Å²) in [5.74, 6) is 1.96. The van der Waals surface area contributed by atoms with E-state index in [0.717, 1.165) is 31.0 Å². The Morgan fingerprint density at radius 2 is 1.86 bits per heavy atom. The van der Waals surface area contributed by atoms with Crippen LogP contribution in [-0.2, 0) is 18.3 Å². The van der Waals surface area contributed by atoms with E-state index in [1.165, 1.54) is 23.2 Å². The minimum Gasteiger partial charge on any atom is -0.370 e. The van der Waals surface area contributed by atoms with E-state index in [1.54, 1.807) is 0 Å². The third kappa shape index (κ3) is 2.53. The highest BCUT2D eigenvalue weighted by molar-refractivity contribution is 5.50. The van der Waals surface area contributed by atoms with Gasteiger partial charge in [0.05, 0.1) is 0 Å². The van der Waals surface area contributed by atoms with Crippen molar-refractivity contribution in [3.8, 4) is 0 Å². The summed E-state index contributed by atoms with van der Waals surface area (Å²) in [6, 6.07) is 10.5. The summed E-state index contributed by atoms with van der Waals surface area (Å²) in [4.78, 5) is 9.75. The second kappa shape index (κ2) is 5.47. The molecule has 0 fully saturated rings. The van der Waals surface area contributed by atoms with Crippen LogP contribution in [0.1, 0.15) is 49.8 Å². The molecule has 0 amide bonds. The molecule has 1 aliphatic rings. The molecule has 1 N–H and O–H groups in total. The molecule has 0 saturated heterocycles. The Labute approximate surface area is 126 Å². The van der Waals surface area contributed by atoms with Crippen LogP contribution in [-0.4, -0.2) is 16.5 Å². The van der Waals surface area contributed by atoms with Gasteiger partial charge in [-0.2, -0.15) is 0 Å². The zero-order chi connectivity index (χ0) is 14.9. The van der Waals surface area contributed by atoms with Gasteiger partial charge in [-0.25, -0.2) is 9.97 Å². The molecule has 1 aliphatic carbocycles. The number of benzene rings is 1. The standard InChI is InChI=1S/C18H23N3/c1-4-19-16-14-11-8-12-15(14)20-17(21-16)18(2,3)13-9-6-5-7-10-13/h5-7,9-10H,4,8,11-12H2,1-3H3,(H,19,20,21). The van der Waals surface area contributed by atoms with Gasteiger partial charge in [0.2, 0.25) is 0 Å². The van der Waals surface area contributed by atoms with Crippen LogP contribution in [0, 0.1) is 0 Å². The van der Waals surface area contributed by atoms with Crippen LogP contribution in [0.5, 0.6) is 0 Å². The molecule has 0 saturated carbocycles. The van der Waals surface area contributed by atoms with Gasteiger partial charge >= 0.3 is 0 Å². The van der Waals surface area contributed by atoms with Crippen molar-refractivity contribution in [2.75, 3.05) is 11.9 Å². The van der Waals surface area contributed by atoms with Gasteiger partial charge in [0, 0.05) is 23.2 Å². The van der Waals surface area contributed by atoms with Gasteiger partial charge in [-0.15, -0.1) is 0 Å². The molecule has 0 unspecified atom stereocenters. The lowest BCUT2D eigenvalue weighted by molar-refractivity contribution is 0.586. The molecular weight excluding hydrogens is 258 g/mol. The monoisotopic (exact) mass is 281 g/mol. The first-order valence-electron chi connectivity index (χ1n) is 7.82. The third-order valence-electron chi connectivity index (χ3n) is 4.33. The quantitative estimate of drug-likeness (QED) is 0.928. The van der Waals surface area contributed by atoms with Gasteiger partial charge in [0.25, 0.3) is 0 Å². The van der Waals surface area contributed by atoms with Crippen molar-refractivity contribution in [3.63, 3.8) is 0 Å². The largest absolute Gasteiger partial charge is 0.370 e. The highest BCUT2D eigenvalue weighted by atomic mass is 15.0. The second-order valence-corrected chi connectivity index (χ2v) is 6.20. The van der Waals surface area contributed by atoms with E-state index in [-0.39, 0.29) is 5.41 Å². The van der Waals surface area contributed by atoms with Crippen molar-refractivity contribution in [2.24, 2.45) is 0 Å². The Hall–Kier alpha value is -1.90. The summed E-state index contributed by atoms with van der Waals surface area (Å²) in [6.45, 7) is 7.42. The first-order chi connectivity index (χ1) is 10.1. The molecule has 2 aromatic rings. The molecule has 0 aliphatic heterocycles. The first-order valence-corrected chi connectivity index (χ1v) is 7.82. The maximum Gasteiger partial charge on any atom is 0.140 e. The van der Waals surface area contributed by atoms with Crippen LogP contribution >= 0.6 is 0 Å². The summed E-state index contributed by atoms with van der Waals surface area (Å²) in [6.07, 6.45) is 3.37. The molecule has 0 spiro atoms. The van der Waals surface area contributed by atoms with Crippen molar-refractivity contribution in [2.45, 2.75) is 45.4 Å². The van der Waals surface area contributed by atoms with Gasteiger partial charge in [0.15, 0.2) is 0 Å². The minimum atomic E-state index is -0.178. The summed E-state index contributed by atoms with van der Waals surface area (Å²) in [5, 5.41) is 3.42. The number of rotatable bonds is 4. The predicted molar refractivity (Wildman–Crippen MR) is 86.8 cm³/mol. The van der Waals surface area contributed by atoms with E-state index in [0.29, 0.717) is 0 Å². The van der Waals surface area contributed by atoms with Crippen LogP contribution < -0.4 is 5.32 Å². The van der Waals surface area contributed by atoms with Crippen molar-refractivity contribution in [1.29, 1.82) is 0 Å². The van der Waals surface area contributed by atoms with E-state index in [9.17, 15) is 0 Å². The first kappa shape index (κ1) is 14.1. The Morgan fingerprint density at radius 3 is 2.57 bits per heavy atom. The molecule has 1 aromatic carbocycles. The number of nitrogens with one attached hydrogen (secondary N) is 1. The van der Waals surface area contributed by atoms with Crippen molar-refractivity contribution in [3.05, 3.63) is 53.0 Å². The van der Waals surface area contributed by atoms with Gasteiger partial charge in [-0.3, -0.25) is 0 Å². The Morgan fingerprint density at radius 1 is 1.10 bits per heavy atom. The fourth-order valence-electron chi connectivity index (χ4n) is 3.01. The molecule has 0 radical (unpaired) electrons. The third-order valence-corrected chi connectivity index (χ3v) is 4.33. The number of aromatic nitrogens is 2. The van der Waals surface area contributed by atoms with E-state index in [4.69, 9.17) is 9.97 Å². The predicted octanol–water partition coefficient (Wildman–Crippen LogP) is 3.72. The summed E-state index contributed by atoms with van der Waals surface area (Å²) in [7, 11) is 0. The van der Waals surface area contributed by atoms with E-state index < -0.39 is 0 Å². The van der Waals surface area contributed by atoms with E-state index in [2.05, 4.69) is 50.4 Å².